The van der Waals surface area contributed by atoms with Gasteiger partial charge in [0, 0.05) is 17.1 Å². The Bertz CT molecular complexity index is 1380. The van der Waals surface area contributed by atoms with Crippen molar-refractivity contribution in [1.82, 2.24) is 10.2 Å². The van der Waals surface area contributed by atoms with Gasteiger partial charge in [0.05, 0.1) is 10.6 Å². The fraction of sp³-hybridized carbons (Fsp3) is 0.355. The first-order valence-electron chi connectivity index (χ1n) is 13.6. The Morgan fingerprint density at radius 2 is 1.60 bits per heavy atom. The predicted octanol–water partition coefficient (Wildman–Crippen LogP) is 5.72. The van der Waals surface area contributed by atoms with Crippen molar-refractivity contribution in [3.8, 4) is 0 Å². The Hall–Kier alpha value is -3.17. The zero-order chi connectivity index (χ0) is 29.3. The molecule has 0 bridgehead atoms. The van der Waals surface area contributed by atoms with Gasteiger partial charge in [-0.25, -0.2) is 8.42 Å². The zero-order valence-corrected chi connectivity index (χ0v) is 25.9. The van der Waals surface area contributed by atoms with E-state index in [1.165, 1.54) is 4.90 Å². The quantitative estimate of drug-likeness (QED) is 0.263. The molecule has 3 aromatic carbocycles. The Kier molecular flexibility index (Phi) is 11.3. The van der Waals surface area contributed by atoms with E-state index < -0.39 is 28.5 Å². The first-order valence-corrected chi connectivity index (χ1v) is 15.8. The van der Waals surface area contributed by atoms with Gasteiger partial charge < -0.3 is 10.2 Å². The van der Waals surface area contributed by atoms with Gasteiger partial charge in [-0.15, -0.1) is 0 Å². The summed E-state index contributed by atoms with van der Waals surface area (Å²) in [6.07, 6.45) is 1.68. The molecule has 2 atom stereocenters. The van der Waals surface area contributed by atoms with Crippen molar-refractivity contribution < 1.29 is 18.0 Å². The Morgan fingerprint density at radius 3 is 2.20 bits per heavy atom. The molecule has 0 unspecified atom stereocenters. The highest BCUT2D eigenvalue weighted by molar-refractivity contribution is 9.10. The molecule has 0 saturated carbocycles. The third-order valence-electron chi connectivity index (χ3n) is 6.86. The lowest BCUT2D eigenvalue weighted by molar-refractivity contribution is -0.139. The highest BCUT2D eigenvalue weighted by atomic mass is 79.9. The minimum Gasteiger partial charge on any atom is -0.352 e. The van der Waals surface area contributed by atoms with Crippen LogP contribution in [0.15, 0.2) is 88.2 Å². The van der Waals surface area contributed by atoms with Crippen LogP contribution in [0.4, 0.5) is 5.69 Å². The van der Waals surface area contributed by atoms with E-state index >= 15 is 0 Å². The Labute approximate surface area is 246 Å². The van der Waals surface area contributed by atoms with E-state index in [1.54, 1.807) is 48.5 Å². The van der Waals surface area contributed by atoms with Gasteiger partial charge in [-0.05, 0) is 69.0 Å². The van der Waals surface area contributed by atoms with Crippen molar-refractivity contribution >= 4 is 43.5 Å². The number of carbonyl (C=O) groups is 2. The largest absolute Gasteiger partial charge is 0.352 e. The van der Waals surface area contributed by atoms with Crippen molar-refractivity contribution in [3.63, 3.8) is 0 Å². The Balaban J connectivity index is 2.01. The van der Waals surface area contributed by atoms with Crippen LogP contribution in [-0.4, -0.2) is 50.3 Å². The summed E-state index contributed by atoms with van der Waals surface area (Å²) < 4.78 is 29.6. The lowest BCUT2D eigenvalue weighted by atomic mass is 10.1. The summed E-state index contributed by atoms with van der Waals surface area (Å²) >= 11 is 3.42. The number of anilines is 1. The standard InChI is InChI=1S/C31H38BrN3O4S/c1-5-24(4)33-31(37)29(6-2)34(20-19-25-11-8-7-9-12-25)30(36)22-35(27-14-10-13-26(32)21-27)40(38,39)28-17-15-23(3)16-18-28/h7-18,21,24,29H,5-6,19-20,22H2,1-4H3,(H,33,37)/t24-,29-/m0/s1. The molecular formula is C31H38BrN3O4S. The number of hydrogen-bond acceptors (Lipinski definition) is 4. The van der Waals surface area contributed by atoms with Crippen molar-refractivity contribution in [2.24, 2.45) is 0 Å². The monoisotopic (exact) mass is 627 g/mol. The van der Waals surface area contributed by atoms with Crippen molar-refractivity contribution in [2.45, 2.75) is 63.9 Å². The molecule has 0 radical (unpaired) electrons. The van der Waals surface area contributed by atoms with Crippen LogP contribution < -0.4 is 9.62 Å². The SMILES string of the molecule is CC[C@H](C)NC(=O)[C@H](CC)N(CCc1ccccc1)C(=O)CN(c1cccc(Br)c1)S(=O)(=O)c1ccc(C)cc1. The van der Waals surface area contributed by atoms with Gasteiger partial charge in [0.25, 0.3) is 10.0 Å². The maximum Gasteiger partial charge on any atom is 0.264 e. The summed E-state index contributed by atoms with van der Waals surface area (Å²) in [5.74, 6) is -0.689. The van der Waals surface area contributed by atoms with Crippen LogP contribution in [0.3, 0.4) is 0 Å². The molecule has 9 heteroatoms. The molecule has 7 nitrogen and oxygen atoms in total. The van der Waals surface area contributed by atoms with Gasteiger partial charge in [0.1, 0.15) is 12.6 Å². The van der Waals surface area contributed by atoms with Gasteiger partial charge in [0.15, 0.2) is 0 Å². The fourth-order valence-corrected chi connectivity index (χ4v) is 6.13. The number of carbonyl (C=O) groups excluding carboxylic acids is 2. The summed E-state index contributed by atoms with van der Waals surface area (Å²) in [4.78, 5) is 29.0. The van der Waals surface area contributed by atoms with Gasteiger partial charge >= 0.3 is 0 Å². The number of nitrogens with one attached hydrogen (secondary N) is 1. The lowest BCUT2D eigenvalue weighted by Crippen LogP contribution is -2.54. The van der Waals surface area contributed by atoms with Gasteiger partial charge in [-0.2, -0.15) is 0 Å². The van der Waals surface area contributed by atoms with E-state index in [9.17, 15) is 18.0 Å². The van der Waals surface area contributed by atoms with E-state index in [4.69, 9.17) is 0 Å². The molecule has 0 aliphatic heterocycles. The minimum atomic E-state index is -4.09. The van der Waals surface area contributed by atoms with E-state index in [-0.39, 0.29) is 23.4 Å². The van der Waals surface area contributed by atoms with Crippen LogP contribution >= 0.6 is 15.9 Å². The van der Waals surface area contributed by atoms with Crippen LogP contribution in [0.5, 0.6) is 0 Å². The van der Waals surface area contributed by atoms with E-state index in [0.29, 0.717) is 23.0 Å². The second-order valence-corrected chi connectivity index (χ2v) is 12.6. The molecule has 0 heterocycles. The fourth-order valence-electron chi connectivity index (χ4n) is 4.33. The molecule has 0 fully saturated rings. The Morgan fingerprint density at radius 1 is 0.925 bits per heavy atom. The average Bonchev–Trinajstić information content (AvgIpc) is 2.94. The summed E-state index contributed by atoms with van der Waals surface area (Å²) in [6, 6.07) is 22.3. The highest BCUT2D eigenvalue weighted by Gasteiger charge is 2.33. The van der Waals surface area contributed by atoms with Crippen molar-refractivity contribution in [3.05, 3.63) is 94.5 Å². The summed E-state index contributed by atoms with van der Waals surface area (Å²) in [5, 5.41) is 3.00. The number of benzene rings is 3. The minimum absolute atomic E-state index is 0.0484. The number of nitrogens with zero attached hydrogens (tertiary/aromatic N) is 2. The molecule has 0 spiro atoms. The number of amides is 2. The number of rotatable bonds is 13. The third kappa shape index (κ3) is 8.17. The number of sulfonamides is 1. The molecule has 40 heavy (non-hydrogen) atoms. The number of aryl methyl sites for hydroxylation is 1. The molecule has 2 amide bonds. The van der Waals surface area contributed by atoms with Gasteiger partial charge in [0.2, 0.25) is 11.8 Å². The van der Waals surface area contributed by atoms with Crippen LogP contribution in [0, 0.1) is 6.92 Å². The van der Waals surface area contributed by atoms with Crippen molar-refractivity contribution in [1.29, 1.82) is 0 Å². The second kappa shape index (κ2) is 14.5. The maximum absolute atomic E-state index is 14.1. The van der Waals surface area contributed by atoms with Gasteiger partial charge in [-0.1, -0.05) is 83.9 Å². The summed E-state index contributed by atoms with van der Waals surface area (Å²) in [6.45, 7) is 7.46. The topological polar surface area (TPSA) is 86.8 Å². The summed E-state index contributed by atoms with van der Waals surface area (Å²) in [7, 11) is -4.09. The van der Waals surface area contributed by atoms with Gasteiger partial charge in [-0.3, -0.25) is 13.9 Å². The highest BCUT2D eigenvalue weighted by Crippen LogP contribution is 2.27. The first-order chi connectivity index (χ1) is 19.1. The molecule has 3 aromatic rings. The van der Waals surface area contributed by atoms with E-state index in [1.807, 2.05) is 58.0 Å². The van der Waals surface area contributed by atoms with E-state index in [0.717, 1.165) is 21.9 Å². The van der Waals surface area contributed by atoms with Crippen LogP contribution in [0.1, 0.15) is 44.7 Å². The predicted molar refractivity (Wildman–Crippen MR) is 164 cm³/mol. The number of hydrogen-bond donors (Lipinski definition) is 1. The van der Waals surface area contributed by atoms with Crippen molar-refractivity contribution in [2.75, 3.05) is 17.4 Å². The smallest absolute Gasteiger partial charge is 0.264 e. The third-order valence-corrected chi connectivity index (χ3v) is 9.14. The molecule has 0 aromatic heterocycles. The lowest BCUT2D eigenvalue weighted by Gasteiger charge is -2.33. The first kappa shape index (κ1) is 31.4. The molecule has 0 saturated heterocycles. The van der Waals surface area contributed by atoms with Crippen LogP contribution in [0.2, 0.25) is 0 Å². The summed E-state index contributed by atoms with van der Waals surface area (Å²) in [5.41, 5.74) is 2.30. The zero-order valence-electron chi connectivity index (χ0n) is 23.5. The van der Waals surface area contributed by atoms with Crippen LogP contribution in [-0.2, 0) is 26.0 Å². The molecule has 1 N–H and O–H groups in total. The molecular weight excluding hydrogens is 590 g/mol. The molecule has 0 aliphatic rings. The normalized spacial score (nSPS) is 12.8. The average molecular weight is 629 g/mol. The molecule has 214 valence electrons. The second-order valence-electron chi connectivity index (χ2n) is 9.87. The maximum atomic E-state index is 14.1. The molecule has 0 aliphatic carbocycles. The number of halogens is 1. The van der Waals surface area contributed by atoms with Crippen LogP contribution in [0.25, 0.3) is 0 Å². The van der Waals surface area contributed by atoms with E-state index in [2.05, 4.69) is 21.2 Å². The molecule has 3 rings (SSSR count).